The van der Waals surface area contributed by atoms with Crippen molar-refractivity contribution in [2.75, 3.05) is 4.72 Å². The van der Waals surface area contributed by atoms with Crippen molar-refractivity contribution >= 4 is 33.3 Å². The zero-order valence-electron chi connectivity index (χ0n) is 11.1. The predicted octanol–water partition coefficient (Wildman–Crippen LogP) is 3.69. The quantitative estimate of drug-likeness (QED) is 0.857. The van der Waals surface area contributed by atoms with Crippen LogP contribution in [-0.2, 0) is 16.2 Å². The monoisotopic (exact) mass is 349 g/mol. The number of alkyl halides is 3. The molecule has 0 aliphatic heterocycles. The summed E-state index contributed by atoms with van der Waals surface area (Å²) in [5, 5.41) is 1.41. The van der Waals surface area contributed by atoms with Crippen LogP contribution in [0.5, 0.6) is 0 Å². The van der Waals surface area contributed by atoms with E-state index in [1.165, 1.54) is 24.4 Å². The van der Waals surface area contributed by atoms with Crippen LogP contribution >= 0.6 is 11.3 Å². The number of aldehydes is 1. The lowest BCUT2D eigenvalue weighted by Gasteiger charge is -2.12. The Bertz CT molecular complexity index is 810. The second-order valence-electron chi connectivity index (χ2n) is 4.46. The Morgan fingerprint density at radius 1 is 1.23 bits per heavy atom. The lowest BCUT2D eigenvalue weighted by atomic mass is 10.1. The Hall–Kier alpha value is -1.87. The normalized spacial score (nSPS) is 12.2. The molecule has 1 heterocycles. The van der Waals surface area contributed by atoms with Crippen molar-refractivity contribution in [3.05, 3.63) is 45.6 Å². The summed E-state index contributed by atoms with van der Waals surface area (Å²) in [6.07, 6.45) is -4.20. The molecule has 9 heteroatoms. The summed E-state index contributed by atoms with van der Waals surface area (Å²) in [5.41, 5.74) is -0.907. The second-order valence-corrected chi connectivity index (χ2v) is 7.06. The van der Waals surface area contributed by atoms with Crippen LogP contribution in [0.1, 0.15) is 20.8 Å². The highest BCUT2D eigenvalue weighted by Gasteiger charge is 2.31. The fourth-order valence-corrected chi connectivity index (χ4v) is 4.08. The summed E-state index contributed by atoms with van der Waals surface area (Å²) in [6.45, 7) is 1.43. The number of thiophene rings is 1. The Morgan fingerprint density at radius 3 is 2.50 bits per heavy atom. The maximum absolute atomic E-state index is 12.8. The highest BCUT2D eigenvalue weighted by molar-refractivity contribution is 7.93. The molecule has 2 rings (SSSR count). The Kier molecular flexibility index (Phi) is 4.30. The van der Waals surface area contributed by atoms with E-state index in [4.69, 9.17) is 0 Å². The van der Waals surface area contributed by atoms with E-state index in [2.05, 4.69) is 4.72 Å². The summed E-state index contributed by atoms with van der Waals surface area (Å²) in [6, 6.07) is 4.12. The van der Waals surface area contributed by atoms with Gasteiger partial charge in [0.2, 0.25) is 0 Å². The van der Waals surface area contributed by atoms with Gasteiger partial charge in [0.05, 0.1) is 10.4 Å². The van der Waals surface area contributed by atoms with E-state index in [0.29, 0.717) is 12.4 Å². The van der Waals surface area contributed by atoms with Crippen LogP contribution in [0.4, 0.5) is 18.9 Å². The van der Waals surface area contributed by atoms with Crippen LogP contribution in [0, 0.1) is 6.92 Å². The number of nitrogens with one attached hydrogen (secondary N) is 1. The third-order valence-corrected chi connectivity index (χ3v) is 5.12. The molecule has 0 aliphatic carbocycles. The molecule has 0 unspecified atom stereocenters. The van der Waals surface area contributed by atoms with Crippen molar-refractivity contribution in [3.63, 3.8) is 0 Å². The van der Waals surface area contributed by atoms with E-state index in [9.17, 15) is 26.4 Å². The number of sulfonamides is 1. The molecular weight excluding hydrogens is 339 g/mol. The van der Waals surface area contributed by atoms with Crippen LogP contribution in [-0.4, -0.2) is 14.7 Å². The van der Waals surface area contributed by atoms with E-state index in [1.807, 2.05) is 0 Å². The maximum Gasteiger partial charge on any atom is 0.416 e. The zero-order valence-corrected chi connectivity index (χ0v) is 12.8. The first-order valence-corrected chi connectivity index (χ1v) is 8.24. The number of rotatable bonds is 4. The molecule has 2 aromatic rings. The van der Waals surface area contributed by atoms with E-state index in [0.717, 1.165) is 17.4 Å². The number of aryl methyl sites for hydroxylation is 1. The summed E-state index contributed by atoms with van der Waals surface area (Å²) in [4.78, 5) is 10.5. The van der Waals surface area contributed by atoms with Gasteiger partial charge < -0.3 is 0 Å². The number of hydrogen-bond donors (Lipinski definition) is 1. The minimum atomic E-state index is -4.58. The van der Waals surface area contributed by atoms with Crippen molar-refractivity contribution in [1.82, 2.24) is 0 Å². The predicted molar refractivity (Wildman–Crippen MR) is 76.7 cm³/mol. The summed E-state index contributed by atoms with van der Waals surface area (Å²) in [5.74, 6) is 0. The number of benzene rings is 1. The standard InChI is InChI=1S/C13H10F3NO3S2/c1-8-4-9(13(14,15)16)6-10(5-8)17-22(19,20)12-2-3-21-11(12)7-18/h2-7,17H,1H3. The molecule has 1 N–H and O–H groups in total. The van der Waals surface area contributed by atoms with Crippen molar-refractivity contribution < 1.29 is 26.4 Å². The van der Waals surface area contributed by atoms with Gasteiger partial charge in [0, 0.05) is 5.69 Å². The third-order valence-electron chi connectivity index (χ3n) is 2.71. The van der Waals surface area contributed by atoms with Crippen LogP contribution in [0.3, 0.4) is 0 Å². The van der Waals surface area contributed by atoms with Gasteiger partial charge in [-0.25, -0.2) is 8.42 Å². The number of carbonyl (C=O) groups excluding carboxylic acids is 1. The SMILES string of the molecule is Cc1cc(NS(=O)(=O)c2ccsc2C=O)cc(C(F)(F)F)c1. The first-order chi connectivity index (χ1) is 10.1. The minimum absolute atomic E-state index is 0.0174. The van der Waals surface area contributed by atoms with Crippen LogP contribution < -0.4 is 4.72 Å². The smallest absolute Gasteiger partial charge is 0.297 e. The maximum atomic E-state index is 12.8. The zero-order chi connectivity index (χ0) is 16.5. The van der Waals surface area contributed by atoms with Gasteiger partial charge in [-0.3, -0.25) is 9.52 Å². The molecule has 4 nitrogen and oxygen atoms in total. The lowest BCUT2D eigenvalue weighted by Crippen LogP contribution is -2.15. The molecule has 0 fully saturated rings. The van der Waals surface area contributed by atoms with Gasteiger partial charge in [-0.15, -0.1) is 11.3 Å². The average Bonchev–Trinajstić information content (AvgIpc) is 2.85. The Morgan fingerprint density at radius 2 is 1.91 bits per heavy atom. The molecule has 0 aliphatic rings. The van der Waals surface area contributed by atoms with Gasteiger partial charge in [-0.2, -0.15) is 13.2 Å². The molecule has 1 aromatic carbocycles. The molecule has 22 heavy (non-hydrogen) atoms. The van der Waals surface area contributed by atoms with Crippen molar-refractivity contribution in [1.29, 1.82) is 0 Å². The van der Waals surface area contributed by atoms with Gasteiger partial charge in [-0.05, 0) is 42.1 Å². The second kappa shape index (κ2) is 5.73. The highest BCUT2D eigenvalue weighted by atomic mass is 32.2. The molecule has 1 aromatic heterocycles. The summed E-state index contributed by atoms with van der Waals surface area (Å²) in [7, 11) is -4.13. The van der Waals surface area contributed by atoms with Crippen molar-refractivity contribution in [2.24, 2.45) is 0 Å². The average molecular weight is 349 g/mol. The minimum Gasteiger partial charge on any atom is -0.297 e. The van der Waals surface area contributed by atoms with Crippen LogP contribution in [0.2, 0.25) is 0 Å². The molecule has 118 valence electrons. The summed E-state index contributed by atoms with van der Waals surface area (Å²) >= 11 is 0.930. The number of halogens is 3. The number of anilines is 1. The Labute approximate surface area is 128 Å². The fourth-order valence-electron chi connectivity index (χ4n) is 1.83. The van der Waals surface area contributed by atoms with Gasteiger partial charge in [-0.1, -0.05) is 0 Å². The largest absolute Gasteiger partial charge is 0.416 e. The molecule has 0 radical (unpaired) electrons. The molecular formula is C13H10F3NO3S2. The van der Waals surface area contributed by atoms with E-state index in [-0.39, 0.29) is 21.0 Å². The first-order valence-electron chi connectivity index (χ1n) is 5.88. The molecule has 0 atom stereocenters. The van der Waals surface area contributed by atoms with Gasteiger partial charge in [0.1, 0.15) is 4.90 Å². The number of carbonyl (C=O) groups is 1. The van der Waals surface area contributed by atoms with E-state index < -0.39 is 21.8 Å². The molecule has 0 saturated carbocycles. The van der Waals surface area contributed by atoms with E-state index >= 15 is 0 Å². The van der Waals surface area contributed by atoms with E-state index in [1.54, 1.807) is 0 Å². The third kappa shape index (κ3) is 3.47. The highest BCUT2D eigenvalue weighted by Crippen LogP contribution is 2.32. The van der Waals surface area contributed by atoms with Gasteiger partial charge >= 0.3 is 6.18 Å². The fraction of sp³-hybridized carbons (Fsp3) is 0.154. The molecule has 0 amide bonds. The van der Waals surface area contributed by atoms with Gasteiger partial charge in [0.15, 0.2) is 6.29 Å². The molecule has 0 spiro atoms. The van der Waals surface area contributed by atoms with Crippen molar-refractivity contribution in [2.45, 2.75) is 18.0 Å². The van der Waals surface area contributed by atoms with Crippen molar-refractivity contribution in [3.8, 4) is 0 Å². The number of hydrogen-bond acceptors (Lipinski definition) is 4. The first kappa shape index (κ1) is 16.5. The molecule has 0 saturated heterocycles. The van der Waals surface area contributed by atoms with Gasteiger partial charge in [0.25, 0.3) is 10.0 Å². The Balaban J connectivity index is 2.42. The lowest BCUT2D eigenvalue weighted by molar-refractivity contribution is -0.137. The summed E-state index contributed by atoms with van der Waals surface area (Å²) < 4.78 is 64.7. The van der Waals surface area contributed by atoms with Crippen LogP contribution in [0.25, 0.3) is 0 Å². The topological polar surface area (TPSA) is 63.2 Å². The van der Waals surface area contributed by atoms with Crippen LogP contribution in [0.15, 0.2) is 34.5 Å². The molecule has 0 bridgehead atoms.